The van der Waals surface area contributed by atoms with E-state index in [0.717, 1.165) is 24.1 Å². The van der Waals surface area contributed by atoms with Crippen LogP contribution in [0.3, 0.4) is 0 Å². The topological polar surface area (TPSA) is 27.1 Å². The third-order valence-electron chi connectivity index (χ3n) is 3.11. The molecule has 1 aromatic heterocycles. The van der Waals surface area contributed by atoms with Crippen LogP contribution in [0.5, 0.6) is 0 Å². The lowest BCUT2D eigenvalue weighted by molar-refractivity contribution is 0.179. The summed E-state index contributed by atoms with van der Waals surface area (Å²) in [6.45, 7) is 0.474. The van der Waals surface area contributed by atoms with Gasteiger partial charge in [-0.3, -0.25) is 4.68 Å². The van der Waals surface area contributed by atoms with Crippen LogP contribution in [0.15, 0.2) is 0 Å². The summed E-state index contributed by atoms with van der Waals surface area (Å²) in [7, 11) is 1.65. The second-order valence-electron chi connectivity index (χ2n) is 4.17. The molecule has 2 rings (SSSR count). The van der Waals surface area contributed by atoms with Crippen molar-refractivity contribution in [1.82, 2.24) is 9.78 Å². The van der Waals surface area contributed by atoms with E-state index in [1.54, 1.807) is 7.11 Å². The SMILES string of the molecule is COCc1nn(C2CCCC2)c(Cl)c1CCl. The summed E-state index contributed by atoms with van der Waals surface area (Å²) in [6, 6.07) is 0.445. The fourth-order valence-electron chi connectivity index (χ4n) is 2.27. The van der Waals surface area contributed by atoms with Crippen molar-refractivity contribution in [2.45, 2.75) is 44.2 Å². The predicted octanol–water partition coefficient (Wildman–Crippen LogP) is 3.54. The maximum atomic E-state index is 6.31. The van der Waals surface area contributed by atoms with Crippen molar-refractivity contribution >= 4 is 23.2 Å². The molecule has 0 bridgehead atoms. The van der Waals surface area contributed by atoms with Gasteiger partial charge in [0.2, 0.25) is 0 Å². The Kier molecular flexibility index (Phi) is 4.11. The van der Waals surface area contributed by atoms with Crippen LogP contribution >= 0.6 is 23.2 Å². The largest absolute Gasteiger partial charge is 0.378 e. The first-order chi connectivity index (χ1) is 7.77. The van der Waals surface area contributed by atoms with E-state index in [-0.39, 0.29) is 0 Å². The van der Waals surface area contributed by atoms with Crippen LogP contribution in [0.4, 0.5) is 0 Å². The highest BCUT2D eigenvalue weighted by Gasteiger charge is 2.23. The van der Waals surface area contributed by atoms with E-state index >= 15 is 0 Å². The van der Waals surface area contributed by atoms with Gasteiger partial charge in [0.1, 0.15) is 5.15 Å². The van der Waals surface area contributed by atoms with E-state index in [0.29, 0.717) is 23.7 Å². The molecule has 0 aliphatic heterocycles. The van der Waals surface area contributed by atoms with Crippen LogP contribution in [0.2, 0.25) is 5.15 Å². The number of methoxy groups -OCH3 is 1. The number of aromatic nitrogens is 2. The molecule has 0 atom stereocenters. The molecule has 0 spiro atoms. The average molecular weight is 263 g/mol. The number of hydrogen-bond donors (Lipinski definition) is 0. The smallest absolute Gasteiger partial charge is 0.132 e. The van der Waals surface area contributed by atoms with Gasteiger partial charge in [-0.2, -0.15) is 5.10 Å². The lowest BCUT2D eigenvalue weighted by Gasteiger charge is -2.10. The van der Waals surface area contributed by atoms with Crippen molar-refractivity contribution in [3.05, 3.63) is 16.4 Å². The molecule has 1 aliphatic carbocycles. The zero-order valence-corrected chi connectivity index (χ0v) is 10.9. The number of hydrogen-bond acceptors (Lipinski definition) is 2. The molecular formula is C11H16Cl2N2O. The Bertz CT molecular complexity index is 359. The molecule has 1 saturated carbocycles. The van der Waals surface area contributed by atoms with Crippen LogP contribution in [-0.4, -0.2) is 16.9 Å². The van der Waals surface area contributed by atoms with Crippen molar-refractivity contribution in [3.8, 4) is 0 Å². The predicted molar refractivity (Wildman–Crippen MR) is 65.0 cm³/mol. The molecule has 0 unspecified atom stereocenters. The van der Waals surface area contributed by atoms with Crippen LogP contribution in [0, 0.1) is 0 Å². The summed E-state index contributed by atoms with van der Waals surface area (Å²) in [5.74, 6) is 0.393. The Balaban J connectivity index is 2.30. The zero-order valence-electron chi connectivity index (χ0n) is 9.38. The highest BCUT2D eigenvalue weighted by atomic mass is 35.5. The molecule has 16 heavy (non-hydrogen) atoms. The van der Waals surface area contributed by atoms with E-state index in [9.17, 15) is 0 Å². The van der Waals surface area contributed by atoms with E-state index < -0.39 is 0 Å². The standard InChI is InChI=1S/C11H16Cl2N2O/c1-16-7-10-9(6-12)11(13)15(14-10)8-4-2-3-5-8/h8H,2-7H2,1H3. The Hall–Kier alpha value is -0.250. The molecular weight excluding hydrogens is 247 g/mol. The fourth-order valence-corrected chi connectivity index (χ4v) is 2.97. The van der Waals surface area contributed by atoms with Crippen molar-refractivity contribution in [3.63, 3.8) is 0 Å². The Morgan fingerprint density at radius 3 is 2.69 bits per heavy atom. The third-order valence-corrected chi connectivity index (χ3v) is 3.78. The number of alkyl halides is 1. The molecule has 0 aromatic carbocycles. The van der Waals surface area contributed by atoms with Gasteiger partial charge in [0.25, 0.3) is 0 Å². The molecule has 0 saturated heterocycles. The van der Waals surface area contributed by atoms with Gasteiger partial charge in [0, 0.05) is 12.7 Å². The van der Waals surface area contributed by atoms with Crippen LogP contribution in [0.1, 0.15) is 43.0 Å². The highest BCUT2D eigenvalue weighted by Crippen LogP contribution is 2.34. The molecule has 1 heterocycles. The molecule has 1 aliphatic rings. The van der Waals surface area contributed by atoms with E-state index in [4.69, 9.17) is 27.9 Å². The van der Waals surface area contributed by atoms with Crippen molar-refractivity contribution in [1.29, 1.82) is 0 Å². The molecule has 0 radical (unpaired) electrons. The maximum Gasteiger partial charge on any atom is 0.132 e. The normalized spacial score (nSPS) is 17.2. The monoisotopic (exact) mass is 262 g/mol. The second kappa shape index (κ2) is 5.39. The van der Waals surface area contributed by atoms with Crippen LogP contribution < -0.4 is 0 Å². The summed E-state index contributed by atoms with van der Waals surface area (Å²) in [5, 5.41) is 5.22. The summed E-state index contributed by atoms with van der Waals surface area (Å²) >= 11 is 12.2. The van der Waals surface area contributed by atoms with Gasteiger partial charge in [-0.25, -0.2) is 0 Å². The third kappa shape index (κ3) is 2.22. The first-order valence-electron chi connectivity index (χ1n) is 5.58. The number of halogens is 2. The van der Waals surface area contributed by atoms with Gasteiger partial charge in [-0.05, 0) is 12.8 Å². The van der Waals surface area contributed by atoms with Gasteiger partial charge in [-0.15, -0.1) is 11.6 Å². The lowest BCUT2D eigenvalue weighted by atomic mass is 10.2. The van der Waals surface area contributed by atoms with E-state index in [2.05, 4.69) is 5.10 Å². The molecule has 3 nitrogen and oxygen atoms in total. The molecule has 5 heteroatoms. The Labute approximate surface area is 106 Å². The zero-order chi connectivity index (χ0) is 11.5. The summed E-state index contributed by atoms with van der Waals surface area (Å²) in [6.07, 6.45) is 4.85. The fraction of sp³-hybridized carbons (Fsp3) is 0.727. The van der Waals surface area contributed by atoms with Gasteiger partial charge in [0.05, 0.1) is 24.2 Å². The summed E-state index contributed by atoms with van der Waals surface area (Å²) in [4.78, 5) is 0. The van der Waals surface area contributed by atoms with Crippen LogP contribution in [-0.2, 0) is 17.2 Å². The first kappa shape index (κ1) is 12.2. The van der Waals surface area contributed by atoms with Gasteiger partial charge in [0.15, 0.2) is 0 Å². The Morgan fingerprint density at radius 1 is 1.44 bits per heavy atom. The lowest BCUT2D eigenvalue weighted by Crippen LogP contribution is -2.07. The van der Waals surface area contributed by atoms with Gasteiger partial charge >= 0.3 is 0 Å². The number of nitrogens with zero attached hydrogens (tertiary/aromatic N) is 2. The van der Waals surface area contributed by atoms with Crippen LogP contribution in [0.25, 0.3) is 0 Å². The molecule has 0 N–H and O–H groups in total. The van der Waals surface area contributed by atoms with Gasteiger partial charge < -0.3 is 4.74 Å². The Morgan fingerprint density at radius 2 is 2.12 bits per heavy atom. The highest BCUT2D eigenvalue weighted by molar-refractivity contribution is 6.31. The number of ether oxygens (including phenoxy) is 1. The molecule has 1 fully saturated rings. The van der Waals surface area contributed by atoms with E-state index in [1.807, 2.05) is 4.68 Å². The quantitative estimate of drug-likeness (QED) is 0.777. The minimum absolute atomic E-state index is 0.393. The minimum Gasteiger partial charge on any atom is -0.378 e. The molecule has 90 valence electrons. The minimum atomic E-state index is 0.393. The summed E-state index contributed by atoms with van der Waals surface area (Å²) in [5.41, 5.74) is 1.78. The average Bonchev–Trinajstić information content (AvgIpc) is 2.87. The molecule has 0 amide bonds. The van der Waals surface area contributed by atoms with Gasteiger partial charge in [-0.1, -0.05) is 24.4 Å². The first-order valence-corrected chi connectivity index (χ1v) is 6.49. The van der Waals surface area contributed by atoms with Crippen molar-refractivity contribution in [2.24, 2.45) is 0 Å². The molecule has 1 aromatic rings. The maximum absolute atomic E-state index is 6.31. The number of rotatable bonds is 4. The van der Waals surface area contributed by atoms with Crippen molar-refractivity contribution < 1.29 is 4.74 Å². The summed E-state index contributed by atoms with van der Waals surface area (Å²) < 4.78 is 7.04. The second-order valence-corrected chi connectivity index (χ2v) is 4.79. The van der Waals surface area contributed by atoms with Crippen molar-refractivity contribution in [2.75, 3.05) is 7.11 Å². The van der Waals surface area contributed by atoms with E-state index in [1.165, 1.54) is 12.8 Å².